The first-order valence-corrected chi connectivity index (χ1v) is 9.87. The van der Waals surface area contributed by atoms with Gasteiger partial charge in [0.05, 0.1) is 13.2 Å². The van der Waals surface area contributed by atoms with Crippen molar-refractivity contribution in [2.75, 3.05) is 13.2 Å². The van der Waals surface area contributed by atoms with Gasteiger partial charge in [0.15, 0.2) is 0 Å². The van der Waals surface area contributed by atoms with Crippen molar-refractivity contribution in [1.29, 1.82) is 5.26 Å². The van der Waals surface area contributed by atoms with E-state index in [0.29, 0.717) is 30.3 Å². The number of hydrogen-bond donors (Lipinski definition) is 1. The number of carboxylic acid groups (broad SMARTS) is 1. The molecular weight excluding hydrogens is 342 g/mol. The lowest BCUT2D eigenvalue weighted by Crippen LogP contribution is -2.02. The first-order valence-electron chi connectivity index (χ1n) is 9.87. The summed E-state index contributed by atoms with van der Waals surface area (Å²) in [5.74, 6) is -0.00441. The molecule has 5 nitrogen and oxygen atoms in total. The van der Waals surface area contributed by atoms with Gasteiger partial charge in [0.1, 0.15) is 23.1 Å². The number of carbonyl (C=O) groups is 1. The number of unbranched alkanes of at least 4 members (excludes halogenated alkanes) is 6. The van der Waals surface area contributed by atoms with Gasteiger partial charge in [-0.3, -0.25) is 0 Å². The first kappa shape index (κ1) is 22.6. The van der Waals surface area contributed by atoms with Crippen molar-refractivity contribution < 1.29 is 19.4 Å². The van der Waals surface area contributed by atoms with Crippen molar-refractivity contribution in [3.05, 3.63) is 29.3 Å². The molecule has 27 heavy (non-hydrogen) atoms. The van der Waals surface area contributed by atoms with Crippen molar-refractivity contribution in [1.82, 2.24) is 0 Å². The third-order valence-electron chi connectivity index (χ3n) is 4.16. The normalized spacial score (nSPS) is 11.1. The SMILES string of the molecule is CCCCCCOc1ccc(C=C(C#N)C(=O)O)c(OCCCCCC)c1. The predicted octanol–water partition coefficient (Wildman–Crippen LogP) is 5.60. The van der Waals surface area contributed by atoms with E-state index in [1.807, 2.05) is 0 Å². The van der Waals surface area contributed by atoms with E-state index >= 15 is 0 Å². The second-order valence-electron chi connectivity index (χ2n) is 6.49. The second-order valence-corrected chi connectivity index (χ2v) is 6.49. The summed E-state index contributed by atoms with van der Waals surface area (Å²) >= 11 is 0. The van der Waals surface area contributed by atoms with Gasteiger partial charge < -0.3 is 14.6 Å². The van der Waals surface area contributed by atoms with Gasteiger partial charge in [-0.2, -0.15) is 5.26 Å². The number of nitriles is 1. The van der Waals surface area contributed by atoms with Gasteiger partial charge in [-0.25, -0.2) is 4.79 Å². The molecule has 0 aliphatic carbocycles. The summed E-state index contributed by atoms with van der Waals surface area (Å²) in [6.45, 7) is 5.52. The van der Waals surface area contributed by atoms with Crippen molar-refractivity contribution in [3.63, 3.8) is 0 Å². The van der Waals surface area contributed by atoms with Crippen molar-refractivity contribution in [2.45, 2.75) is 65.2 Å². The van der Waals surface area contributed by atoms with Crippen LogP contribution in [0.5, 0.6) is 11.5 Å². The molecule has 0 radical (unpaired) electrons. The maximum atomic E-state index is 11.1. The quantitative estimate of drug-likeness (QED) is 0.261. The van der Waals surface area contributed by atoms with Crippen molar-refractivity contribution >= 4 is 12.0 Å². The standard InChI is InChI=1S/C22H31NO4/c1-3-5-7-9-13-26-20-12-11-18(15-19(17-23)22(24)25)21(16-20)27-14-10-8-6-4-2/h11-12,15-16H,3-10,13-14H2,1-2H3,(H,24,25). The second kappa shape index (κ2) is 13.7. The van der Waals surface area contributed by atoms with Gasteiger partial charge in [-0.15, -0.1) is 0 Å². The maximum absolute atomic E-state index is 11.1. The molecule has 0 amide bonds. The fourth-order valence-corrected chi connectivity index (χ4v) is 2.58. The first-order chi connectivity index (χ1) is 13.1. The highest BCUT2D eigenvalue weighted by atomic mass is 16.5. The van der Waals surface area contributed by atoms with Crippen LogP contribution in [0, 0.1) is 11.3 Å². The summed E-state index contributed by atoms with van der Waals surface area (Å²) in [6.07, 6.45) is 10.2. The number of rotatable bonds is 14. The third-order valence-corrected chi connectivity index (χ3v) is 4.16. The molecule has 1 N–H and O–H groups in total. The molecule has 0 aliphatic heterocycles. The molecule has 0 atom stereocenters. The minimum absolute atomic E-state index is 0.320. The molecular formula is C22H31NO4. The summed E-state index contributed by atoms with van der Waals surface area (Å²) in [7, 11) is 0. The summed E-state index contributed by atoms with van der Waals surface area (Å²) in [4.78, 5) is 11.1. The van der Waals surface area contributed by atoms with Gasteiger partial charge in [0.2, 0.25) is 0 Å². The van der Waals surface area contributed by atoms with Crippen LogP contribution in [0.3, 0.4) is 0 Å². The molecule has 0 fully saturated rings. The summed E-state index contributed by atoms with van der Waals surface area (Å²) in [5, 5.41) is 18.1. The molecule has 1 aromatic rings. The van der Waals surface area contributed by atoms with E-state index in [4.69, 9.17) is 19.8 Å². The van der Waals surface area contributed by atoms with E-state index in [0.717, 1.165) is 38.5 Å². The molecule has 0 heterocycles. The molecule has 1 aromatic carbocycles. The van der Waals surface area contributed by atoms with Crippen LogP contribution in [-0.2, 0) is 4.79 Å². The molecule has 0 bridgehead atoms. The molecule has 0 spiro atoms. The Hall–Kier alpha value is -2.48. The van der Waals surface area contributed by atoms with Crippen LogP contribution in [0.25, 0.3) is 6.08 Å². The van der Waals surface area contributed by atoms with Gasteiger partial charge in [0.25, 0.3) is 0 Å². The Balaban J connectivity index is 2.84. The van der Waals surface area contributed by atoms with Gasteiger partial charge in [-0.05, 0) is 31.1 Å². The summed E-state index contributed by atoms with van der Waals surface area (Å²) in [5.41, 5.74) is 0.252. The maximum Gasteiger partial charge on any atom is 0.346 e. The Bertz CT molecular complexity index is 646. The van der Waals surface area contributed by atoms with Gasteiger partial charge in [-0.1, -0.05) is 52.4 Å². The molecule has 1 rings (SSSR count). The minimum atomic E-state index is -1.25. The number of nitrogens with zero attached hydrogens (tertiary/aromatic N) is 1. The summed E-state index contributed by atoms with van der Waals surface area (Å²) < 4.78 is 11.7. The number of aliphatic carboxylic acids is 1. The zero-order valence-electron chi connectivity index (χ0n) is 16.5. The average Bonchev–Trinajstić information content (AvgIpc) is 2.66. The Labute approximate surface area is 162 Å². The van der Waals surface area contributed by atoms with Crippen LogP contribution in [0.4, 0.5) is 0 Å². The lowest BCUT2D eigenvalue weighted by Gasteiger charge is -2.12. The van der Waals surface area contributed by atoms with Gasteiger partial charge >= 0.3 is 5.97 Å². The van der Waals surface area contributed by atoms with E-state index in [1.54, 1.807) is 24.3 Å². The molecule has 0 saturated carbocycles. The zero-order chi connectivity index (χ0) is 19.9. The molecule has 0 unspecified atom stereocenters. The lowest BCUT2D eigenvalue weighted by atomic mass is 10.1. The van der Waals surface area contributed by atoms with Gasteiger partial charge in [0, 0.05) is 11.6 Å². The van der Waals surface area contributed by atoms with E-state index < -0.39 is 5.97 Å². The van der Waals surface area contributed by atoms with Crippen molar-refractivity contribution in [2.24, 2.45) is 0 Å². The monoisotopic (exact) mass is 373 g/mol. The topological polar surface area (TPSA) is 79.5 Å². The minimum Gasteiger partial charge on any atom is -0.493 e. The highest BCUT2D eigenvalue weighted by Crippen LogP contribution is 2.27. The van der Waals surface area contributed by atoms with Crippen LogP contribution in [0.2, 0.25) is 0 Å². The van der Waals surface area contributed by atoms with E-state index in [-0.39, 0.29) is 5.57 Å². The smallest absolute Gasteiger partial charge is 0.346 e. The van der Waals surface area contributed by atoms with Crippen molar-refractivity contribution in [3.8, 4) is 17.6 Å². The largest absolute Gasteiger partial charge is 0.493 e. The van der Waals surface area contributed by atoms with E-state index in [2.05, 4.69) is 13.8 Å². The fraction of sp³-hybridized carbons (Fsp3) is 0.545. The fourth-order valence-electron chi connectivity index (χ4n) is 2.58. The highest BCUT2D eigenvalue weighted by Gasteiger charge is 2.10. The van der Waals surface area contributed by atoms with Crippen LogP contribution in [0.1, 0.15) is 70.8 Å². The van der Waals surface area contributed by atoms with Crippen LogP contribution < -0.4 is 9.47 Å². The molecule has 148 valence electrons. The number of ether oxygens (including phenoxy) is 2. The third kappa shape index (κ3) is 9.14. The molecule has 0 aliphatic rings. The van der Waals surface area contributed by atoms with Crippen LogP contribution >= 0.6 is 0 Å². The zero-order valence-corrected chi connectivity index (χ0v) is 16.5. The number of benzene rings is 1. The number of hydrogen-bond acceptors (Lipinski definition) is 4. The van der Waals surface area contributed by atoms with E-state index in [9.17, 15) is 4.79 Å². The Kier molecular flexibility index (Phi) is 11.4. The Morgan fingerprint density at radius 1 is 1.04 bits per heavy atom. The highest BCUT2D eigenvalue weighted by molar-refractivity contribution is 5.96. The summed E-state index contributed by atoms with van der Waals surface area (Å²) in [6, 6.07) is 7.01. The molecule has 5 heteroatoms. The van der Waals surface area contributed by atoms with E-state index in [1.165, 1.54) is 18.9 Å². The molecule has 0 saturated heterocycles. The average molecular weight is 373 g/mol. The lowest BCUT2D eigenvalue weighted by molar-refractivity contribution is -0.132. The van der Waals surface area contributed by atoms with Crippen LogP contribution in [0.15, 0.2) is 23.8 Å². The predicted molar refractivity (Wildman–Crippen MR) is 107 cm³/mol. The Morgan fingerprint density at radius 3 is 2.22 bits per heavy atom. The molecule has 0 aromatic heterocycles. The Morgan fingerprint density at radius 2 is 1.67 bits per heavy atom. The number of carboxylic acids is 1. The van der Waals surface area contributed by atoms with Crippen LogP contribution in [-0.4, -0.2) is 24.3 Å².